The number of halogens is 3. The molecule has 107 heavy (non-hydrogen) atoms. The Hall–Kier alpha value is -8.30. The normalized spacial score (nSPS) is 9.44. The Kier molecular flexibility index (Phi) is 74.3. The van der Waals surface area contributed by atoms with E-state index < -0.39 is 27.6 Å². The first-order valence-corrected chi connectivity index (χ1v) is 29.9. The van der Waals surface area contributed by atoms with Gasteiger partial charge in [0, 0.05) is 26.2 Å². The van der Waals surface area contributed by atoms with Gasteiger partial charge in [-0.3, -0.25) is 92.5 Å². The number of benzene rings is 1. The van der Waals surface area contributed by atoms with E-state index in [0.717, 1.165) is 16.7 Å². The summed E-state index contributed by atoms with van der Waals surface area (Å²) in [6.45, 7) is 16.8. The van der Waals surface area contributed by atoms with Crippen molar-refractivity contribution in [3.63, 3.8) is 0 Å². The average molecular weight is 1660 g/mol. The van der Waals surface area contributed by atoms with E-state index in [1.54, 1.807) is 43.8 Å². The number of carbonyl (C=O) groups excluding carboxylic acids is 12. The number of rotatable bonds is 20. The molecule has 50 heteroatoms. The number of aromatic amines is 2. The van der Waals surface area contributed by atoms with Crippen LogP contribution in [0.2, 0.25) is 5.02 Å². The van der Waals surface area contributed by atoms with E-state index in [9.17, 15) is 63.0 Å². The monoisotopic (exact) mass is 1660 g/mol. The molecular weight excluding hydrogens is 1590 g/mol. The maximum Gasteiger partial charge on any atom is 1.00 e. The molecule has 0 radical (unpaired) electrons. The van der Waals surface area contributed by atoms with Crippen LogP contribution in [0.3, 0.4) is 0 Å². The summed E-state index contributed by atoms with van der Waals surface area (Å²) in [5.74, 6) is -1.97. The molecule has 6 aromatic heterocycles. The summed E-state index contributed by atoms with van der Waals surface area (Å²) >= 11 is 8.60. The van der Waals surface area contributed by atoms with Gasteiger partial charge in [0.2, 0.25) is 0 Å². The fourth-order valence-electron chi connectivity index (χ4n) is 6.60. The number of fused-ring (bicyclic) bond motifs is 2. The number of hydrogen-bond donors (Lipinski definition) is 7. The van der Waals surface area contributed by atoms with Crippen LogP contribution in [-0.2, 0) is 109 Å². The standard InChI is InChI=1S/C13H17ClFNO.C9H10N4O3.C7H6N4O3.C7H9N3O3.C7H11N3O.C5H6N2O2.C4H7BrO2.CH4N2.CH2O3.3CO2.2K.Na.H2O.H2.H/c1-9(2)16-8-11(17)7-6-10-4-3-5-12(14)13(10)15;1-2-16-7(14)4-13-3-6-8(12-13)9(15)11-5-10-6;12-5(13)2-11-1-4-6(10-11)7(14)9-3-8-4;1-5(11)3-9-4-7(10(12)13)6(2)8-9;1-5(11)3-10-4-7(8)6(2)9-10;1-4-5(7(8)9)2-3-6-4;1-2-7-4(6)3-5;2-1-3;2-1-4-3;3*2-1-3;;;;;;/h3-5,9,16H,6-8H2,1-2H3;3,5H,2,4H2,1H3,(H,10,11,15);1,3H,2H2,(H,12,13)(H,8,9,14);4H,3H2,1-2H3;4H,3,8H2,1-2H3;2H,3H2,1H3;2-3H2,1H3;1H,(H3,2,3);1,3H;;;;;;;1H2;1H;/q;;;;;;;;;;;;3*+1;;;-1/p-2. The molecule has 0 saturated heterocycles. The topological polar surface area (TPSA) is 672 Å². The van der Waals surface area contributed by atoms with Gasteiger partial charge >= 0.3 is 174 Å². The van der Waals surface area contributed by atoms with Crippen molar-refractivity contribution in [2.75, 3.05) is 37.4 Å². The average Bonchev–Trinajstić information content (AvgIpc) is 1.70. The molecule has 0 spiro atoms. The predicted octanol–water partition coefficient (Wildman–Crippen LogP) is -8.09. The van der Waals surface area contributed by atoms with Gasteiger partial charge in [-0.25, -0.2) is 14.4 Å². The number of aliphatic imine (C=N–C) groups is 1. The van der Waals surface area contributed by atoms with Crippen LogP contribution < -0.4 is 165 Å². The van der Waals surface area contributed by atoms with Crippen LogP contribution in [0, 0.1) is 45.3 Å². The number of nitro groups is 2. The Bertz CT molecular complexity index is 4140. The van der Waals surface area contributed by atoms with Gasteiger partial charge in [0.05, 0.1) is 97.0 Å². The second-order valence-corrected chi connectivity index (χ2v) is 19.7. The summed E-state index contributed by atoms with van der Waals surface area (Å²) in [5.41, 5.74) is 13.2. The zero-order valence-electron chi connectivity index (χ0n) is 60.7. The van der Waals surface area contributed by atoms with Crippen LogP contribution in [0.1, 0.15) is 74.7 Å². The van der Waals surface area contributed by atoms with Crippen molar-refractivity contribution in [3.05, 3.63) is 136 Å². The van der Waals surface area contributed by atoms with Gasteiger partial charge in [-0.05, 0) is 66.5 Å². The fraction of sp³-hybridized carbons (Fsp3) is 0.368. The summed E-state index contributed by atoms with van der Waals surface area (Å²) in [7, 11) is 0. The molecule has 0 atom stereocenters. The number of anilines is 1. The molecular formula is C57H75BrClFK2N19NaO25. The number of Topliss-reactive ketones (excluding diaryl/α,β-unsaturated/α-hetero) is 3. The Morgan fingerprint density at radius 1 is 0.804 bits per heavy atom. The minimum Gasteiger partial charge on any atom is -1.00 e. The van der Waals surface area contributed by atoms with Crippen LogP contribution in [0.4, 0.5) is 15.8 Å². The number of nitrogens with one attached hydrogen (secondary N) is 4. The molecule has 10 N–H and O–H groups in total. The number of ether oxygens (including phenoxy) is 2. The number of ketones is 3. The summed E-state index contributed by atoms with van der Waals surface area (Å²) < 4.78 is 28.1. The fourth-order valence-corrected chi connectivity index (χ4v) is 6.95. The van der Waals surface area contributed by atoms with Crippen molar-refractivity contribution in [1.29, 1.82) is 5.41 Å². The number of aryl methyl sites for hydroxylation is 3. The molecule has 44 nitrogen and oxygen atoms in total. The van der Waals surface area contributed by atoms with Crippen molar-refractivity contribution in [1.82, 2.24) is 64.4 Å². The third-order valence-corrected chi connectivity index (χ3v) is 11.3. The van der Waals surface area contributed by atoms with E-state index in [1.165, 1.54) is 73.5 Å². The van der Waals surface area contributed by atoms with Gasteiger partial charge in [-0.1, -0.05) is 53.5 Å². The second kappa shape index (κ2) is 69.4. The third-order valence-electron chi connectivity index (χ3n) is 10.5. The zero-order chi connectivity index (χ0) is 79.7. The molecule has 0 amide bonds. The van der Waals surface area contributed by atoms with E-state index >= 15 is 0 Å². The molecule has 0 aliphatic carbocycles. The van der Waals surface area contributed by atoms with Gasteiger partial charge in [0.25, 0.3) is 23.3 Å². The number of carbonyl (C=O) groups is 7. The number of aromatic nitrogens is 12. The van der Waals surface area contributed by atoms with Crippen molar-refractivity contribution in [2.24, 2.45) is 10.7 Å². The zero-order valence-corrected chi connectivity index (χ0v) is 70.3. The summed E-state index contributed by atoms with van der Waals surface area (Å²) in [5, 5.41) is 62.3. The van der Waals surface area contributed by atoms with E-state index in [2.05, 4.69) is 81.9 Å². The molecule has 572 valence electrons. The van der Waals surface area contributed by atoms with Crippen molar-refractivity contribution in [2.45, 2.75) is 107 Å². The van der Waals surface area contributed by atoms with E-state index in [-0.39, 0.29) is 253 Å². The van der Waals surface area contributed by atoms with Gasteiger partial charge in [0.15, 0.2) is 22.6 Å². The van der Waals surface area contributed by atoms with Crippen molar-refractivity contribution in [3.8, 4) is 0 Å². The minimum absolute atomic E-state index is 0. The van der Waals surface area contributed by atoms with Gasteiger partial charge in [0.1, 0.15) is 58.7 Å². The maximum atomic E-state index is 13.5. The number of carboxylic acid groups (broad SMARTS) is 1. The summed E-state index contributed by atoms with van der Waals surface area (Å²) in [4.78, 5) is 183. The molecule has 0 bridgehead atoms. The number of nitrogens with two attached hydrogens (primary N) is 2. The molecule has 0 fully saturated rings. The number of H-pyrrole nitrogens is 2. The van der Waals surface area contributed by atoms with Crippen LogP contribution in [0.5, 0.6) is 0 Å². The largest absolute Gasteiger partial charge is 1.00 e. The number of allylic oxidation sites excluding steroid dienone is 1. The Morgan fingerprint density at radius 2 is 1.23 bits per heavy atom. The molecule has 0 unspecified atom stereocenters. The van der Waals surface area contributed by atoms with E-state index in [1.807, 2.05) is 20.8 Å². The minimum atomic E-state index is -1.02. The SMILES string of the molecule is CC(=O)Cn1cc(N)c(C)n1.CC(=O)Cn1cc([N+](=O)[O-])c(C)n1.CC(C)NCC(=O)CCc1cccc(Cl)c1F.CC1=NCC=C1[N+](=O)[O-].CCOC(=O)CBr.CCOC(=O)Cn1cc2nc[nH]c(=O)c2n1.N=CN.O=C(O)Cn1cc2nc[nH]c(=O)c2n1.O=C=O.O=C=O.O=C=O.O=CO[O-].[H-].[HH].[K+].[K+].[Na+].[OH-]. The van der Waals surface area contributed by atoms with E-state index in [4.69, 9.17) is 71.4 Å². The van der Waals surface area contributed by atoms with Gasteiger partial charge in [-0.2, -0.15) is 49.2 Å². The Morgan fingerprint density at radius 3 is 1.56 bits per heavy atom. The van der Waals surface area contributed by atoms with Crippen LogP contribution in [0.15, 0.2) is 82.0 Å². The van der Waals surface area contributed by atoms with Crippen molar-refractivity contribution < 1.29 is 242 Å². The number of alkyl halides is 1. The Labute approximate surface area is 728 Å². The smallest absolute Gasteiger partial charge is 1.00 e. The number of carboxylic acids is 1. The second-order valence-electron chi connectivity index (χ2n) is 18.7. The molecule has 0 saturated carbocycles. The number of aliphatic carboxylic acids is 1. The third kappa shape index (κ3) is 55.7. The number of nitrogens with zero attached hydrogens (tertiary/aromatic N) is 13. The predicted molar refractivity (Wildman–Crippen MR) is 359 cm³/mol. The molecule has 7 heterocycles. The quantitative estimate of drug-likeness (QED) is 0.00429. The number of hydrogen-bond acceptors (Lipinski definition) is 34. The first kappa shape index (κ1) is 115. The maximum absolute atomic E-state index is 13.5. The number of esters is 2. The molecule has 7 aromatic rings. The first-order valence-electron chi connectivity index (χ1n) is 28.4. The van der Waals surface area contributed by atoms with E-state index in [0.29, 0.717) is 84.7 Å². The summed E-state index contributed by atoms with van der Waals surface area (Å²) in [6.07, 6.45) is 12.1. The van der Waals surface area contributed by atoms with Gasteiger partial charge < -0.3 is 58.4 Å². The Balaban J connectivity index is -0.000000127. The van der Waals surface area contributed by atoms with Crippen LogP contribution in [-0.4, -0.2) is 189 Å². The molecule has 1 aliphatic heterocycles. The van der Waals surface area contributed by atoms with Gasteiger partial charge in [-0.15, -0.1) is 0 Å². The number of nitrogen functional groups attached to an aromatic ring is 1. The summed E-state index contributed by atoms with van der Waals surface area (Å²) in [6, 6.07) is 5.13. The molecule has 8 rings (SSSR count). The molecule has 1 aliphatic rings. The molecule has 1 aromatic carbocycles. The van der Waals surface area contributed by atoms with Crippen LogP contribution in [0.25, 0.3) is 22.1 Å². The van der Waals surface area contributed by atoms with Crippen LogP contribution >= 0.6 is 27.5 Å². The van der Waals surface area contributed by atoms with Crippen molar-refractivity contribution >= 4 is 133 Å². The first-order chi connectivity index (χ1) is 48.6.